The minimum Gasteiger partial charge on any atom is -0.343 e. The predicted octanol–water partition coefficient (Wildman–Crippen LogP) is 1.38. The maximum Gasteiger partial charge on any atom is 0.241 e. The Morgan fingerprint density at radius 1 is 1.42 bits per heavy atom. The molecule has 7 heteroatoms. The van der Waals surface area contributed by atoms with E-state index in [9.17, 15) is 13.2 Å². The fraction of sp³-hybridized carbons (Fsp3) is 0.529. The number of carbonyl (C=O) groups is 1. The number of likely N-dealkylation sites (N-methyl/N-ethyl adjacent to an activating group) is 1. The van der Waals surface area contributed by atoms with Gasteiger partial charge in [-0.15, -0.1) is 0 Å². The van der Waals surface area contributed by atoms with Crippen molar-refractivity contribution in [3.8, 4) is 6.07 Å². The molecule has 0 saturated carbocycles. The minimum atomic E-state index is -3.50. The molecule has 1 aromatic rings. The lowest BCUT2D eigenvalue weighted by atomic mass is 9.95. The standard InChI is InChI=1S/C17H23N3O3S/c1-4-24(22,23)20-12-15-8-6-5-7-14(15)9-16(20)17(21)19(3)11-13(2)10-18/h5-8,13,16H,4,9,11-12H2,1-3H3/t13-,16-/m1/s1. The Balaban J connectivity index is 2.34. The lowest BCUT2D eigenvalue weighted by Crippen LogP contribution is -2.53. The van der Waals surface area contributed by atoms with E-state index in [4.69, 9.17) is 5.26 Å². The van der Waals surface area contributed by atoms with Crippen molar-refractivity contribution >= 4 is 15.9 Å². The number of hydrogen-bond donors (Lipinski definition) is 0. The molecule has 1 aliphatic rings. The Morgan fingerprint density at radius 2 is 2.04 bits per heavy atom. The number of fused-ring (bicyclic) bond motifs is 1. The van der Waals surface area contributed by atoms with Crippen molar-refractivity contribution in [3.63, 3.8) is 0 Å². The second kappa shape index (κ2) is 7.32. The zero-order valence-corrected chi connectivity index (χ0v) is 15.1. The summed E-state index contributed by atoms with van der Waals surface area (Å²) in [5.74, 6) is -0.605. The lowest BCUT2D eigenvalue weighted by Gasteiger charge is -2.36. The van der Waals surface area contributed by atoms with Crippen molar-refractivity contribution in [1.82, 2.24) is 9.21 Å². The topological polar surface area (TPSA) is 81.5 Å². The molecule has 0 spiro atoms. The van der Waals surface area contributed by atoms with Gasteiger partial charge < -0.3 is 4.90 Å². The van der Waals surface area contributed by atoms with Crippen LogP contribution in [-0.2, 0) is 27.8 Å². The molecule has 24 heavy (non-hydrogen) atoms. The molecule has 1 heterocycles. The highest BCUT2D eigenvalue weighted by Crippen LogP contribution is 2.27. The van der Waals surface area contributed by atoms with E-state index in [0.717, 1.165) is 11.1 Å². The van der Waals surface area contributed by atoms with Crippen LogP contribution in [0.15, 0.2) is 24.3 Å². The molecular formula is C17H23N3O3S. The third-order valence-corrected chi connectivity index (χ3v) is 6.18. The van der Waals surface area contributed by atoms with Crippen LogP contribution in [0.1, 0.15) is 25.0 Å². The van der Waals surface area contributed by atoms with Crippen LogP contribution in [0.2, 0.25) is 0 Å². The molecule has 0 unspecified atom stereocenters. The van der Waals surface area contributed by atoms with Crippen LogP contribution in [-0.4, -0.2) is 48.9 Å². The maximum absolute atomic E-state index is 12.8. The monoisotopic (exact) mass is 349 g/mol. The molecule has 1 amide bonds. The second-order valence-corrected chi connectivity index (χ2v) is 8.39. The highest BCUT2D eigenvalue weighted by Gasteiger charge is 2.39. The summed E-state index contributed by atoms with van der Waals surface area (Å²) in [5, 5.41) is 8.93. The summed E-state index contributed by atoms with van der Waals surface area (Å²) in [5.41, 5.74) is 1.94. The quantitative estimate of drug-likeness (QED) is 0.804. The molecular weight excluding hydrogens is 326 g/mol. The summed E-state index contributed by atoms with van der Waals surface area (Å²) in [6, 6.07) is 8.95. The van der Waals surface area contributed by atoms with E-state index in [1.54, 1.807) is 20.9 Å². The Bertz CT molecular complexity index is 755. The number of rotatable bonds is 5. The largest absolute Gasteiger partial charge is 0.343 e. The molecule has 1 aliphatic heterocycles. The second-order valence-electron chi connectivity index (χ2n) is 6.18. The SMILES string of the molecule is CCS(=O)(=O)N1Cc2ccccc2C[C@@H]1C(=O)N(C)C[C@H](C)C#N. The Labute approximate surface area is 143 Å². The first-order valence-electron chi connectivity index (χ1n) is 8.01. The van der Waals surface area contributed by atoms with Gasteiger partial charge in [0.2, 0.25) is 15.9 Å². The first-order chi connectivity index (χ1) is 11.3. The van der Waals surface area contributed by atoms with Crippen molar-refractivity contribution in [2.24, 2.45) is 5.92 Å². The normalized spacial score (nSPS) is 19.2. The van der Waals surface area contributed by atoms with Gasteiger partial charge in [-0.1, -0.05) is 24.3 Å². The number of benzene rings is 1. The number of sulfonamides is 1. The van der Waals surface area contributed by atoms with Crippen LogP contribution in [0, 0.1) is 17.2 Å². The average Bonchev–Trinajstić information content (AvgIpc) is 2.59. The zero-order valence-electron chi connectivity index (χ0n) is 14.3. The summed E-state index contributed by atoms with van der Waals surface area (Å²) in [4.78, 5) is 14.3. The van der Waals surface area contributed by atoms with Gasteiger partial charge in [-0.3, -0.25) is 4.79 Å². The van der Waals surface area contributed by atoms with Gasteiger partial charge in [0.05, 0.1) is 17.7 Å². The van der Waals surface area contributed by atoms with Crippen LogP contribution in [0.4, 0.5) is 0 Å². The van der Waals surface area contributed by atoms with E-state index < -0.39 is 16.1 Å². The Hall–Kier alpha value is -1.91. The zero-order chi connectivity index (χ0) is 17.9. The smallest absolute Gasteiger partial charge is 0.241 e. The van der Waals surface area contributed by atoms with E-state index in [2.05, 4.69) is 6.07 Å². The number of hydrogen-bond acceptors (Lipinski definition) is 4. The van der Waals surface area contributed by atoms with Crippen molar-refractivity contribution in [3.05, 3.63) is 35.4 Å². The van der Waals surface area contributed by atoms with E-state index in [1.807, 2.05) is 24.3 Å². The molecule has 1 aromatic carbocycles. The van der Waals surface area contributed by atoms with Crippen LogP contribution in [0.25, 0.3) is 0 Å². The third kappa shape index (κ3) is 3.77. The van der Waals surface area contributed by atoms with Crippen molar-refractivity contribution in [2.45, 2.75) is 32.9 Å². The highest BCUT2D eigenvalue weighted by molar-refractivity contribution is 7.89. The highest BCUT2D eigenvalue weighted by atomic mass is 32.2. The summed E-state index contributed by atoms with van der Waals surface area (Å²) in [6.07, 6.45) is 0.361. The predicted molar refractivity (Wildman–Crippen MR) is 91.4 cm³/mol. The van der Waals surface area contributed by atoms with Crippen LogP contribution in [0.3, 0.4) is 0 Å². The molecule has 0 aromatic heterocycles. The fourth-order valence-electron chi connectivity index (χ4n) is 2.96. The van der Waals surface area contributed by atoms with E-state index >= 15 is 0 Å². The molecule has 0 radical (unpaired) electrons. The van der Waals surface area contributed by atoms with E-state index in [-0.39, 0.29) is 30.7 Å². The summed E-state index contributed by atoms with van der Waals surface area (Å²) in [6.45, 7) is 3.82. The molecule has 6 nitrogen and oxygen atoms in total. The Morgan fingerprint density at radius 3 is 2.62 bits per heavy atom. The number of carbonyl (C=O) groups excluding carboxylic acids is 1. The first kappa shape index (κ1) is 18.4. The van der Waals surface area contributed by atoms with Gasteiger partial charge in [0.25, 0.3) is 0 Å². The average molecular weight is 349 g/mol. The first-order valence-corrected chi connectivity index (χ1v) is 9.62. The van der Waals surface area contributed by atoms with Crippen molar-refractivity contribution < 1.29 is 13.2 Å². The fourth-order valence-corrected chi connectivity index (χ4v) is 4.18. The van der Waals surface area contributed by atoms with E-state index in [1.165, 1.54) is 9.21 Å². The van der Waals surface area contributed by atoms with Gasteiger partial charge in [-0.25, -0.2) is 8.42 Å². The molecule has 0 fully saturated rings. The Kier molecular flexibility index (Phi) is 5.62. The summed E-state index contributed by atoms with van der Waals surface area (Å²) >= 11 is 0. The van der Waals surface area contributed by atoms with Gasteiger partial charge in [0.15, 0.2) is 0 Å². The molecule has 0 saturated heterocycles. The number of amides is 1. The van der Waals surface area contributed by atoms with Crippen LogP contribution >= 0.6 is 0 Å². The van der Waals surface area contributed by atoms with Crippen LogP contribution in [0.5, 0.6) is 0 Å². The van der Waals surface area contributed by atoms with Gasteiger partial charge in [-0.05, 0) is 31.4 Å². The number of nitrogens with zero attached hydrogens (tertiary/aromatic N) is 3. The van der Waals surface area contributed by atoms with Gasteiger partial charge >= 0.3 is 0 Å². The van der Waals surface area contributed by atoms with Crippen molar-refractivity contribution in [1.29, 1.82) is 5.26 Å². The van der Waals surface area contributed by atoms with Gasteiger partial charge in [0.1, 0.15) is 6.04 Å². The van der Waals surface area contributed by atoms with Gasteiger partial charge in [-0.2, -0.15) is 9.57 Å². The van der Waals surface area contributed by atoms with Gasteiger partial charge in [0, 0.05) is 20.1 Å². The minimum absolute atomic E-state index is 0.0444. The molecule has 0 bridgehead atoms. The molecule has 130 valence electrons. The number of nitriles is 1. The summed E-state index contributed by atoms with van der Waals surface area (Å²) < 4.78 is 26.3. The van der Waals surface area contributed by atoms with Crippen LogP contribution < -0.4 is 0 Å². The molecule has 0 aliphatic carbocycles. The maximum atomic E-state index is 12.8. The molecule has 2 atom stereocenters. The van der Waals surface area contributed by atoms with Crippen molar-refractivity contribution in [2.75, 3.05) is 19.3 Å². The summed E-state index contributed by atoms with van der Waals surface area (Å²) in [7, 11) is -1.89. The molecule has 0 N–H and O–H groups in total. The molecule has 2 rings (SSSR count). The third-order valence-electron chi connectivity index (χ3n) is 4.36. The van der Waals surface area contributed by atoms with E-state index in [0.29, 0.717) is 6.42 Å². The lowest BCUT2D eigenvalue weighted by molar-refractivity contribution is -0.134.